The summed E-state index contributed by atoms with van der Waals surface area (Å²) in [7, 11) is 0. The lowest BCUT2D eigenvalue weighted by molar-refractivity contribution is -0.167. The van der Waals surface area contributed by atoms with Gasteiger partial charge in [0, 0.05) is 12.0 Å². The number of aromatic amines is 1. The summed E-state index contributed by atoms with van der Waals surface area (Å²) in [5.74, 6) is 0.237. The standard InChI is InChI=1S/C21H26N4O3/c1-13(2)25-18(26)12-28-20(19(25)15-6-4-3-5-7-15)21(27)22-11-16-10-17(24-23-16)14-8-9-14/h3-7,10,13-14,19-20H,8-9,11-12H2,1-2H3,(H,22,27)(H,23,24)/t19-,20+/m1/s1. The average Bonchev–Trinajstić information content (AvgIpc) is 3.44. The Morgan fingerprint density at radius 2 is 2.07 bits per heavy atom. The fourth-order valence-corrected chi connectivity index (χ4v) is 3.78. The third-order valence-corrected chi connectivity index (χ3v) is 5.32. The molecule has 1 aliphatic carbocycles. The first-order chi connectivity index (χ1) is 13.5. The predicted molar refractivity (Wildman–Crippen MR) is 103 cm³/mol. The highest BCUT2D eigenvalue weighted by atomic mass is 16.5. The van der Waals surface area contributed by atoms with Crippen LogP contribution in [0.4, 0.5) is 0 Å². The first-order valence-corrected chi connectivity index (χ1v) is 9.84. The molecule has 2 fully saturated rings. The van der Waals surface area contributed by atoms with Gasteiger partial charge in [0.05, 0.1) is 24.0 Å². The van der Waals surface area contributed by atoms with Crippen molar-refractivity contribution in [3.05, 3.63) is 53.3 Å². The number of H-pyrrole nitrogens is 1. The van der Waals surface area contributed by atoms with Crippen molar-refractivity contribution in [3.8, 4) is 0 Å². The molecule has 0 unspecified atom stereocenters. The summed E-state index contributed by atoms with van der Waals surface area (Å²) in [6, 6.07) is 11.1. The van der Waals surface area contributed by atoms with Crippen LogP contribution in [0.15, 0.2) is 36.4 Å². The topological polar surface area (TPSA) is 87.3 Å². The Labute approximate surface area is 164 Å². The van der Waals surface area contributed by atoms with Gasteiger partial charge in [-0.15, -0.1) is 0 Å². The van der Waals surface area contributed by atoms with Crippen molar-refractivity contribution in [1.82, 2.24) is 20.4 Å². The summed E-state index contributed by atoms with van der Waals surface area (Å²) in [6.07, 6.45) is 1.61. The van der Waals surface area contributed by atoms with Crippen LogP contribution < -0.4 is 5.32 Å². The van der Waals surface area contributed by atoms with Crippen LogP contribution in [0.3, 0.4) is 0 Å². The Balaban J connectivity index is 1.51. The van der Waals surface area contributed by atoms with Gasteiger partial charge in [0.1, 0.15) is 6.61 Å². The van der Waals surface area contributed by atoms with E-state index in [2.05, 4.69) is 15.5 Å². The molecule has 2 atom stereocenters. The van der Waals surface area contributed by atoms with E-state index in [-0.39, 0.29) is 24.5 Å². The smallest absolute Gasteiger partial charge is 0.252 e. The highest BCUT2D eigenvalue weighted by molar-refractivity contribution is 5.86. The molecule has 1 saturated heterocycles. The van der Waals surface area contributed by atoms with E-state index in [1.165, 1.54) is 12.8 Å². The molecular weight excluding hydrogens is 356 g/mol. The molecule has 2 aromatic rings. The molecule has 2 N–H and O–H groups in total. The van der Waals surface area contributed by atoms with Gasteiger partial charge in [0.2, 0.25) is 5.91 Å². The van der Waals surface area contributed by atoms with Gasteiger partial charge in [-0.1, -0.05) is 30.3 Å². The molecule has 1 aromatic carbocycles. The number of nitrogens with zero attached hydrogens (tertiary/aromatic N) is 2. The highest BCUT2D eigenvalue weighted by Crippen LogP contribution is 2.39. The Morgan fingerprint density at radius 3 is 2.75 bits per heavy atom. The van der Waals surface area contributed by atoms with E-state index in [1.807, 2.05) is 50.2 Å². The molecule has 7 nitrogen and oxygen atoms in total. The molecule has 2 heterocycles. The van der Waals surface area contributed by atoms with Crippen molar-refractivity contribution in [1.29, 1.82) is 0 Å². The van der Waals surface area contributed by atoms with Crippen molar-refractivity contribution in [3.63, 3.8) is 0 Å². The zero-order valence-corrected chi connectivity index (χ0v) is 16.2. The Bertz CT molecular complexity index is 844. The maximum Gasteiger partial charge on any atom is 0.252 e. The number of carbonyl (C=O) groups excluding carboxylic acids is 2. The van der Waals surface area contributed by atoms with Crippen molar-refractivity contribution in [2.24, 2.45) is 0 Å². The number of rotatable bonds is 6. The Morgan fingerprint density at radius 1 is 1.32 bits per heavy atom. The number of ether oxygens (including phenoxy) is 1. The minimum atomic E-state index is -0.756. The van der Waals surface area contributed by atoms with Gasteiger partial charge in [-0.3, -0.25) is 14.7 Å². The molecule has 1 aliphatic heterocycles. The second-order valence-corrected chi connectivity index (χ2v) is 7.79. The van der Waals surface area contributed by atoms with Gasteiger partial charge in [-0.05, 0) is 38.3 Å². The number of amides is 2. The van der Waals surface area contributed by atoms with Crippen LogP contribution in [-0.2, 0) is 20.9 Å². The first-order valence-electron chi connectivity index (χ1n) is 9.84. The van der Waals surface area contributed by atoms with Gasteiger partial charge in [-0.2, -0.15) is 5.10 Å². The minimum Gasteiger partial charge on any atom is -0.356 e. The van der Waals surface area contributed by atoms with Gasteiger partial charge < -0.3 is 15.0 Å². The monoisotopic (exact) mass is 382 g/mol. The van der Waals surface area contributed by atoms with Gasteiger partial charge >= 0.3 is 0 Å². The lowest BCUT2D eigenvalue weighted by Gasteiger charge is -2.42. The van der Waals surface area contributed by atoms with E-state index >= 15 is 0 Å². The van der Waals surface area contributed by atoms with Gasteiger partial charge in [0.15, 0.2) is 6.10 Å². The van der Waals surface area contributed by atoms with Crippen LogP contribution in [0.25, 0.3) is 0 Å². The fourth-order valence-electron chi connectivity index (χ4n) is 3.78. The summed E-state index contributed by atoms with van der Waals surface area (Å²) >= 11 is 0. The van der Waals surface area contributed by atoms with E-state index < -0.39 is 12.1 Å². The molecule has 1 saturated carbocycles. The molecule has 148 valence electrons. The molecule has 2 aliphatic rings. The maximum atomic E-state index is 13.0. The maximum absolute atomic E-state index is 13.0. The second kappa shape index (κ2) is 7.75. The third kappa shape index (κ3) is 3.80. The molecule has 28 heavy (non-hydrogen) atoms. The largest absolute Gasteiger partial charge is 0.356 e. The number of morpholine rings is 1. The van der Waals surface area contributed by atoms with E-state index in [1.54, 1.807) is 4.90 Å². The molecular formula is C21H26N4O3. The van der Waals surface area contributed by atoms with E-state index in [0.29, 0.717) is 12.5 Å². The minimum absolute atomic E-state index is 0.0365. The fraction of sp³-hybridized carbons (Fsp3) is 0.476. The number of carbonyl (C=O) groups is 2. The zero-order chi connectivity index (χ0) is 19.7. The lowest BCUT2D eigenvalue weighted by atomic mass is 9.96. The SMILES string of the molecule is CC(C)N1C(=O)CO[C@H](C(=O)NCc2cc(C3CC3)n[nH]2)[C@H]1c1ccccc1. The summed E-state index contributed by atoms with van der Waals surface area (Å²) < 4.78 is 5.71. The zero-order valence-electron chi connectivity index (χ0n) is 16.2. The lowest BCUT2D eigenvalue weighted by Crippen LogP contribution is -2.56. The summed E-state index contributed by atoms with van der Waals surface area (Å²) in [6.45, 7) is 4.18. The molecule has 4 rings (SSSR count). The third-order valence-electron chi connectivity index (χ3n) is 5.32. The van der Waals surface area contributed by atoms with E-state index in [0.717, 1.165) is 17.0 Å². The molecule has 7 heteroatoms. The Hall–Kier alpha value is -2.67. The molecule has 0 radical (unpaired) electrons. The number of hydrogen-bond donors (Lipinski definition) is 2. The summed E-state index contributed by atoms with van der Waals surface area (Å²) in [5, 5.41) is 10.3. The van der Waals surface area contributed by atoms with Crippen LogP contribution in [0.2, 0.25) is 0 Å². The predicted octanol–water partition coefficient (Wildman–Crippen LogP) is 2.28. The Kier molecular flexibility index (Phi) is 5.17. The number of benzene rings is 1. The molecule has 2 amide bonds. The van der Waals surface area contributed by atoms with Gasteiger partial charge in [0.25, 0.3) is 5.91 Å². The number of aromatic nitrogens is 2. The molecule has 0 spiro atoms. The van der Waals surface area contributed by atoms with Crippen molar-refractivity contribution in [2.75, 3.05) is 6.61 Å². The average molecular weight is 382 g/mol. The molecule has 0 bridgehead atoms. The van der Waals surface area contributed by atoms with E-state index in [4.69, 9.17) is 4.74 Å². The summed E-state index contributed by atoms with van der Waals surface area (Å²) in [5.41, 5.74) is 2.83. The number of hydrogen-bond acceptors (Lipinski definition) is 4. The van der Waals surface area contributed by atoms with Crippen LogP contribution in [0.1, 0.15) is 55.6 Å². The van der Waals surface area contributed by atoms with Crippen LogP contribution in [0.5, 0.6) is 0 Å². The van der Waals surface area contributed by atoms with Gasteiger partial charge in [-0.25, -0.2) is 0 Å². The second-order valence-electron chi connectivity index (χ2n) is 7.79. The van der Waals surface area contributed by atoms with Crippen LogP contribution in [-0.4, -0.2) is 45.7 Å². The van der Waals surface area contributed by atoms with Crippen LogP contribution in [0, 0.1) is 0 Å². The highest BCUT2D eigenvalue weighted by Gasteiger charge is 2.42. The van der Waals surface area contributed by atoms with Crippen molar-refractivity contribution >= 4 is 11.8 Å². The van der Waals surface area contributed by atoms with Crippen LogP contribution >= 0.6 is 0 Å². The van der Waals surface area contributed by atoms with E-state index in [9.17, 15) is 9.59 Å². The first kappa shape index (κ1) is 18.7. The summed E-state index contributed by atoms with van der Waals surface area (Å²) in [4.78, 5) is 27.2. The van der Waals surface area contributed by atoms with Crippen molar-refractivity contribution in [2.45, 2.75) is 57.3 Å². The molecule has 1 aromatic heterocycles. The normalized spacial score (nSPS) is 22.5. The number of nitrogens with one attached hydrogen (secondary N) is 2. The van der Waals surface area contributed by atoms with Crippen molar-refractivity contribution < 1.29 is 14.3 Å². The quantitative estimate of drug-likeness (QED) is 0.802.